The van der Waals surface area contributed by atoms with Crippen LogP contribution >= 0.6 is 15.9 Å². The Kier molecular flexibility index (Phi) is 4.02. The number of rotatable bonds is 4. The van der Waals surface area contributed by atoms with Crippen molar-refractivity contribution in [2.45, 2.75) is 25.9 Å². The summed E-state index contributed by atoms with van der Waals surface area (Å²) in [6.45, 7) is 4.26. The molecule has 2 aromatic rings. The van der Waals surface area contributed by atoms with E-state index in [4.69, 9.17) is 4.42 Å². The SMILES string of the molecule is CC(NC(C)c1ccccc1Br)c1ccco1. The molecule has 1 aromatic carbocycles. The van der Waals surface area contributed by atoms with Gasteiger partial charge in [-0.3, -0.25) is 0 Å². The minimum atomic E-state index is 0.201. The average Bonchev–Trinajstić information content (AvgIpc) is 2.82. The lowest BCUT2D eigenvalue weighted by atomic mass is 10.1. The van der Waals surface area contributed by atoms with Gasteiger partial charge in [0.1, 0.15) is 5.76 Å². The van der Waals surface area contributed by atoms with E-state index in [1.54, 1.807) is 6.26 Å². The summed E-state index contributed by atoms with van der Waals surface area (Å²) in [7, 11) is 0. The average molecular weight is 294 g/mol. The van der Waals surface area contributed by atoms with Gasteiger partial charge in [-0.25, -0.2) is 0 Å². The monoisotopic (exact) mass is 293 g/mol. The van der Waals surface area contributed by atoms with Crippen LogP contribution in [0.1, 0.15) is 37.3 Å². The summed E-state index contributed by atoms with van der Waals surface area (Å²) in [5, 5.41) is 3.52. The van der Waals surface area contributed by atoms with Crippen LogP contribution in [-0.4, -0.2) is 0 Å². The fraction of sp³-hybridized carbons (Fsp3) is 0.286. The Labute approximate surface area is 110 Å². The third-order valence-corrected chi connectivity index (χ3v) is 3.56. The molecule has 2 atom stereocenters. The largest absolute Gasteiger partial charge is 0.468 e. The Morgan fingerprint density at radius 3 is 2.47 bits per heavy atom. The lowest BCUT2D eigenvalue weighted by Gasteiger charge is -2.19. The van der Waals surface area contributed by atoms with E-state index in [0.717, 1.165) is 10.2 Å². The van der Waals surface area contributed by atoms with E-state index >= 15 is 0 Å². The van der Waals surface area contributed by atoms with Crippen molar-refractivity contribution in [1.82, 2.24) is 5.32 Å². The molecule has 0 fully saturated rings. The molecule has 0 radical (unpaired) electrons. The molecule has 3 heteroatoms. The highest BCUT2D eigenvalue weighted by atomic mass is 79.9. The lowest BCUT2D eigenvalue weighted by Crippen LogP contribution is -2.22. The maximum absolute atomic E-state index is 5.39. The Morgan fingerprint density at radius 1 is 1.06 bits per heavy atom. The summed E-state index contributed by atoms with van der Waals surface area (Å²) in [4.78, 5) is 0. The van der Waals surface area contributed by atoms with Crippen molar-refractivity contribution in [3.63, 3.8) is 0 Å². The van der Waals surface area contributed by atoms with Crippen LogP contribution in [0.15, 0.2) is 51.6 Å². The van der Waals surface area contributed by atoms with E-state index in [1.807, 2.05) is 18.2 Å². The smallest absolute Gasteiger partial charge is 0.120 e. The zero-order chi connectivity index (χ0) is 12.3. The molecule has 0 aliphatic rings. The number of halogens is 1. The van der Waals surface area contributed by atoms with Crippen molar-refractivity contribution in [2.24, 2.45) is 0 Å². The van der Waals surface area contributed by atoms with Crippen LogP contribution in [0.25, 0.3) is 0 Å². The van der Waals surface area contributed by atoms with Gasteiger partial charge in [-0.1, -0.05) is 34.1 Å². The Bertz CT molecular complexity index is 467. The fourth-order valence-corrected chi connectivity index (χ4v) is 2.54. The first-order valence-electron chi connectivity index (χ1n) is 5.72. The van der Waals surface area contributed by atoms with Crippen molar-refractivity contribution < 1.29 is 4.42 Å². The second kappa shape index (κ2) is 5.52. The number of furan rings is 1. The number of nitrogens with one attached hydrogen (secondary N) is 1. The molecule has 17 heavy (non-hydrogen) atoms. The Hall–Kier alpha value is -1.06. The normalized spacial score (nSPS) is 14.5. The minimum absolute atomic E-state index is 0.201. The van der Waals surface area contributed by atoms with Gasteiger partial charge < -0.3 is 9.73 Å². The summed E-state index contributed by atoms with van der Waals surface area (Å²) in [6.07, 6.45) is 1.70. The second-order valence-corrected chi connectivity index (χ2v) is 5.00. The summed E-state index contributed by atoms with van der Waals surface area (Å²) in [5.74, 6) is 0.962. The summed E-state index contributed by atoms with van der Waals surface area (Å²) >= 11 is 3.57. The quantitative estimate of drug-likeness (QED) is 0.901. The van der Waals surface area contributed by atoms with Gasteiger partial charge in [-0.2, -0.15) is 0 Å². The van der Waals surface area contributed by atoms with E-state index in [9.17, 15) is 0 Å². The first-order valence-corrected chi connectivity index (χ1v) is 6.51. The lowest BCUT2D eigenvalue weighted by molar-refractivity contribution is 0.402. The molecule has 0 spiro atoms. The Balaban J connectivity index is 2.07. The summed E-state index contributed by atoms with van der Waals surface area (Å²) in [6, 6.07) is 12.6. The topological polar surface area (TPSA) is 25.2 Å². The van der Waals surface area contributed by atoms with Crippen molar-refractivity contribution in [3.05, 3.63) is 58.5 Å². The summed E-state index contributed by atoms with van der Waals surface area (Å²) in [5.41, 5.74) is 1.26. The van der Waals surface area contributed by atoms with E-state index in [0.29, 0.717) is 0 Å². The number of hydrogen-bond donors (Lipinski definition) is 1. The van der Waals surface area contributed by atoms with Crippen molar-refractivity contribution in [1.29, 1.82) is 0 Å². The highest BCUT2D eigenvalue weighted by Crippen LogP contribution is 2.25. The van der Waals surface area contributed by atoms with Gasteiger partial charge in [0, 0.05) is 10.5 Å². The third-order valence-electron chi connectivity index (χ3n) is 2.84. The number of benzene rings is 1. The van der Waals surface area contributed by atoms with Gasteiger partial charge in [0.2, 0.25) is 0 Å². The van der Waals surface area contributed by atoms with E-state index in [1.165, 1.54) is 5.56 Å². The molecule has 0 aliphatic carbocycles. The van der Waals surface area contributed by atoms with Gasteiger partial charge >= 0.3 is 0 Å². The van der Waals surface area contributed by atoms with Crippen LogP contribution in [0, 0.1) is 0 Å². The van der Waals surface area contributed by atoms with Crippen molar-refractivity contribution >= 4 is 15.9 Å². The second-order valence-electron chi connectivity index (χ2n) is 4.15. The standard InChI is InChI=1S/C14H16BrNO/c1-10(12-6-3-4-7-13(12)15)16-11(2)14-8-5-9-17-14/h3-11,16H,1-2H3. The van der Waals surface area contributed by atoms with Gasteiger partial charge in [-0.05, 0) is 37.6 Å². The molecule has 2 nitrogen and oxygen atoms in total. The van der Waals surface area contributed by atoms with E-state index in [2.05, 4.69) is 53.3 Å². The highest BCUT2D eigenvalue weighted by molar-refractivity contribution is 9.10. The predicted molar refractivity (Wildman–Crippen MR) is 72.8 cm³/mol. The molecule has 0 saturated carbocycles. The van der Waals surface area contributed by atoms with Crippen molar-refractivity contribution in [3.8, 4) is 0 Å². The van der Waals surface area contributed by atoms with Gasteiger partial charge in [-0.15, -0.1) is 0 Å². The van der Waals surface area contributed by atoms with Crippen molar-refractivity contribution in [2.75, 3.05) is 0 Å². The minimum Gasteiger partial charge on any atom is -0.468 e. The van der Waals surface area contributed by atoms with Gasteiger partial charge in [0.25, 0.3) is 0 Å². The zero-order valence-corrected chi connectivity index (χ0v) is 11.6. The number of hydrogen-bond acceptors (Lipinski definition) is 2. The molecule has 0 amide bonds. The molecule has 90 valence electrons. The fourth-order valence-electron chi connectivity index (χ4n) is 1.91. The molecule has 0 saturated heterocycles. The zero-order valence-electron chi connectivity index (χ0n) is 9.98. The van der Waals surface area contributed by atoms with Crippen LogP contribution in [0.3, 0.4) is 0 Å². The first-order chi connectivity index (χ1) is 8.18. The van der Waals surface area contributed by atoms with Gasteiger partial charge in [0.05, 0.1) is 12.3 Å². The molecular formula is C14H16BrNO. The third kappa shape index (κ3) is 2.99. The molecule has 1 heterocycles. The van der Waals surface area contributed by atoms with Crippen LogP contribution < -0.4 is 5.32 Å². The van der Waals surface area contributed by atoms with Crippen LogP contribution in [0.5, 0.6) is 0 Å². The molecule has 2 unspecified atom stereocenters. The Morgan fingerprint density at radius 2 is 1.82 bits per heavy atom. The maximum atomic E-state index is 5.39. The molecule has 0 bridgehead atoms. The van der Waals surface area contributed by atoms with Crippen LogP contribution in [0.2, 0.25) is 0 Å². The van der Waals surface area contributed by atoms with Crippen LogP contribution in [-0.2, 0) is 0 Å². The molecular weight excluding hydrogens is 278 g/mol. The summed E-state index contributed by atoms with van der Waals surface area (Å²) < 4.78 is 6.52. The highest BCUT2D eigenvalue weighted by Gasteiger charge is 2.14. The maximum Gasteiger partial charge on any atom is 0.120 e. The molecule has 2 rings (SSSR count). The molecule has 0 aliphatic heterocycles. The molecule has 1 aromatic heterocycles. The first kappa shape index (κ1) is 12.4. The van der Waals surface area contributed by atoms with Gasteiger partial charge in [0.15, 0.2) is 0 Å². The van der Waals surface area contributed by atoms with E-state index < -0.39 is 0 Å². The van der Waals surface area contributed by atoms with E-state index in [-0.39, 0.29) is 12.1 Å². The predicted octanol–water partition coefficient (Wildman–Crippen LogP) is 4.45. The molecule has 1 N–H and O–H groups in total. The van der Waals surface area contributed by atoms with Crippen LogP contribution in [0.4, 0.5) is 0 Å².